The van der Waals surface area contributed by atoms with Gasteiger partial charge in [0.15, 0.2) is 6.10 Å². The Bertz CT molecular complexity index is 1050. The van der Waals surface area contributed by atoms with E-state index in [1.54, 1.807) is 0 Å². The summed E-state index contributed by atoms with van der Waals surface area (Å²) >= 11 is 0. The molecule has 0 rings (SSSR count). The fourth-order valence-corrected chi connectivity index (χ4v) is 4.61. The average molecular weight is 723 g/mol. The van der Waals surface area contributed by atoms with Gasteiger partial charge in [-0.15, -0.1) is 0 Å². The summed E-state index contributed by atoms with van der Waals surface area (Å²) in [5.74, 6) is -4.31. The molecule has 0 fully saturated rings. The largest absolute Gasteiger partial charge is 0.462 e. The lowest BCUT2D eigenvalue weighted by Gasteiger charge is -2.16. The molecule has 12 heteroatoms. The molecule has 0 bridgehead atoms. The molecule has 0 amide bonds. The first-order valence-corrected chi connectivity index (χ1v) is 18.6. The molecule has 3 atom stereocenters. The van der Waals surface area contributed by atoms with Gasteiger partial charge in [-0.2, -0.15) is 0 Å². The van der Waals surface area contributed by atoms with E-state index < -0.39 is 55.1 Å². The van der Waals surface area contributed by atoms with E-state index in [0.717, 1.165) is 114 Å². The summed E-state index contributed by atoms with van der Waals surface area (Å²) in [6.45, 7) is 11.9. The van der Waals surface area contributed by atoms with Gasteiger partial charge in [0.1, 0.15) is 13.2 Å². The van der Waals surface area contributed by atoms with E-state index in [1.165, 1.54) is 0 Å². The van der Waals surface area contributed by atoms with Crippen molar-refractivity contribution >= 4 is 35.8 Å². The predicted octanol–water partition coefficient (Wildman–Crippen LogP) is 6.93. The van der Waals surface area contributed by atoms with Crippen molar-refractivity contribution in [3.05, 3.63) is 36.5 Å². The van der Waals surface area contributed by atoms with Gasteiger partial charge in [0.2, 0.25) is 0 Å². The zero-order valence-corrected chi connectivity index (χ0v) is 31.7. The average Bonchev–Trinajstić information content (AvgIpc) is 3.13. The van der Waals surface area contributed by atoms with Crippen LogP contribution in [0.5, 0.6) is 0 Å². The molecule has 0 aromatic heterocycles. The zero-order valence-electron chi connectivity index (χ0n) is 31.7. The van der Waals surface area contributed by atoms with Crippen LogP contribution in [0.4, 0.5) is 0 Å². The molecule has 0 spiro atoms. The molecule has 12 nitrogen and oxygen atoms in total. The molecule has 0 N–H and O–H groups in total. The zero-order chi connectivity index (χ0) is 38.3. The Hall–Kier alpha value is -3.96. The Morgan fingerprint density at radius 1 is 0.392 bits per heavy atom. The number of ether oxygens (including phenoxy) is 6. The van der Waals surface area contributed by atoms with Crippen molar-refractivity contribution in [1.29, 1.82) is 0 Å². The van der Waals surface area contributed by atoms with E-state index in [9.17, 15) is 28.8 Å². The highest BCUT2D eigenvalue weighted by Crippen LogP contribution is 2.15. The third kappa shape index (κ3) is 26.5. The lowest BCUT2D eigenvalue weighted by Crippen LogP contribution is -2.30. The van der Waals surface area contributed by atoms with E-state index in [2.05, 4.69) is 20.8 Å². The molecule has 51 heavy (non-hydrogen) atoms. The number of esters is 6. The van der Waals surface area contributed by atoms with Gasteiger partial charge in [-0.1, -0.05) is 99.3 Å². The smallest absolute Gasteiger partial charge is 0.331 e. The number of rotatable bonds is 29. The van der Waals surface area contributed by atoms with Crippen molar-refractivity contribution < 1.29 is 57.2 Å². The summed E-state index contributed by atoms with van der Waals surface area (Å²) < 4.78 is 31.2. The summed E-state index contributed by atoms with van der Waals surface area (Å²) in [5.41, 5.74) is 0. The fraction of sp³-hybridized carbons (Fsp3) is 0.692. The third-order valence-electron chi connectivity index (χ3n) is 8.19. The molecule has 0 aromatic rings. The predicted molar refractivity (Wildman–Crippen MR) is 192 cm³/mol. The second kappa shape index (κ2) is 30.8. The molecule has 0 heterocycles. The highest BCUT2D eigenvalue weighted by Gasteiger charge is 2.19. The lowest BCUT2D eigenvalue weighted by atomic mass is 10.0. The molecule has 3 unspecified atom stereocenters. The Kier molecular flexibility index (Phi) is 28.4. The molecule has 0 aliphatic carbocycles. The van der Waals surface area contributed by atoms with Crippen molar-refractivity contribution in [2.24, 2.45) is 17.8 Å². The topological polar surface area (TPSA) is 158 Å². The SMILES string of the molecule is CCCCC(CC)COC(=O)C=CC(=O)OCC(COC(=O)C=CC(=O)OCC(CC)CCCC)OC(=O)C=CC(=O)OCC(CC)CCCC. The van der Waals surface area contributed by atoms with Crippen LogP contribution in [0.3, 0.4) is 0 Å². The van der Waals surface area contributed by atoms with E-state index in [0.29, 0.717) is 0 Å². The molecule has 0 aromatic carbocycles. The Morgan fingerprint density at radius 3 is 0.902 bits per heavy atom. The van der Waals surface area contributed by atoms with Crippen LogP contribution in [0, 0.1) is 17.8 Å². The first-order chi connectivity index (χ1) is 24.5. The van der Waals surface area contributed by atoms with Crippen LogP contribution in [0.25, 0.3) is 0 Å². The third-order valence-corrected chi connectivity index (χ3v) is 8.19. The van der Waals surface area contributed by atoms with Crippen LogP contribution in [-0.2, 0) is 57.2 Å². The minimum Gasteiger partial charge on any atom is -0.462 e. The van der Waals surface area contributed by atoms with Gasteiger partial charge >= 0.3 is 35.8 Å². The molecule has 0 saturated carbocycles. The molecule has 0 aliphatic heterocycles. The quantitative estimate of drug-likeness (QED) is 0.0446. The van der Waals surface area contributed by atoms with E-state index in [1.807, 2.05) is 20.8 Å². The van der Waals surface area contributed by atoms with Gasteiger partial charge in [-0.25, -0.2) is 28.8 Å². The van der Waals surface area contributed by atoms with Gasteiger partial charge < -0.3 is 28.4 Å². The maximum atomic E-state index is 12.5. The Balaban J connectivity index is 5.26. The van der Waals surface area contributed by atoms with Crippen molar-refractivity contribution in [1.82, 2.24) is 0 Å². The van der Waals surface area contributed by atoms with Crippen LogP contribution >= 0.6 is 0 Å². The molecular weight excluding hydrogens is 660 g/mol. The first kappa shape index (κ1) is 47.0. The molecule has 0 saturated heterocycles. The lowest BCUT2D eigenvalue weighted by molar-refractivity contribution is -0.160. The van der Waals surface area contributed by atoms with Crippen LogP contribution in [0.1, 0.15) is 119 Å². The first-order valence-electron chi connectivity index (χ1n) is 18.6. The number of hydrogen-bond donors (Lipinski definition) is 0. The fourth-order valence-electron chi connectivity index (χ4n) is 4.61. The number of carbonyl (C=O) groups excluding carboxylic acids is 6. The van der Waals surface area contributed by atoms with E-state index in [-0.39, 0.29) is 37.6 Å². The second-order valence-electron chi connectivity index (χ2n) is 12.5. The maximum Gasteiger partial charge on any atom is 0.331 e. The summed E-state index contributed by atoms with van der Waals surface area (Å²) in [5, 5.41) is 0. The van der Waals surface area contributed by atoms with Crippen LogP contribution in [0.15, 0.2) is 36.5 Å². The van der Waals surface area contributed by atoms with Crippen LogP contribution < -0.4 is 0 Å². The molecular formula is C39H62O12. The number of carbonyl (C=O) groups is 6. The van der Waals surface area contributed by atoms with Gasteiger partial charge in [-0.05, 0) is 37.0 Å². The highest BCUT2D eigenvalue weighted by atomic mass is 16.6. The van der Waals surface area contributed by atoms with Crippen LogP contribution in [-0.4, -0.2) is 75.0 Å². The van der Waals surface area contributed by atoms with Gasteiger partial charge in [0, 0.05) is 36.5 Å². The maximum absolute atomic E-state index is 12.5. The monoisotopic (exact) mass is 722 g/mol. The number of hydrogen-bond acceptors (Lipinski definition) is 12. The van der Waals surface area contributed by atoms with Crippen molar-refractivity contribution in [2.45, 2.75) is 125 Å². The van der Waals surface area contributed by atoms with E-state index >= 15 is 0 Å². The summed E-state index contributed by atoms with van der Waals surface area (Å²) in [4.78, 5) is 73.5. The number of unbranched alkanes of at least 4 members (excludes halogenated alkanes) is 3. The van der Waals surface area contributed by atoms with Crippen molar-refractivity contribution in [3.8, 4) is 0 Å². The normalized spacial score (nSPS) is 13.8. The molecule has 290 valence electrons. The van der Waals surface area contributed by atoms with Gasteiger partial charge in [-0.3, -0.25) is 0 Å². The Morgan fingerprint density at radius 2 is 0.647 bits per heavy atom. The van der Waals surface area contributed by atoms with Gasteiger partial charge in [0.25, 0.3) is 0 Å². The molecule has 0 aliphatic rings. The standard InChI is InChI=1S/C39H62O12/c1-7-13-16-30(10-4)25-46-34(40)19-21-37(43)49-28-33(51-39(45)24-23-36(42)48-27-32(12-6)18-15-9-3)29-50-38(44)22-20-35(41)47-26-31(11-5)17-14-8-2/h19-24,30-33H,7-18,25-29H2,1-6H3. The van der Waals surface area contributed by atoms with Crippen molar-refractivity contribution in [3.63, 3.8) is 0 Å². The second-order valence-corrected chi connectivity index (χ2v) is 12.5. The summed E-state index contributed by atoms with van der Waals surface area (Å²) in [6.07, 6.45) is 15.6. The summed E-state index contributed by atoms with van der Waals surface area (Å²) in [7, 11) is 0. The van der Waals surface area contributed by atoms with Crippen molar-refractivity contribution in [2.75, 3.05) is 33.0 Å². The Labute approximate surface area is 304 Å². The van der Waals surface area contributed by atoms with Gasteiger partial charge in [0.05, 0.1) is 19.8 Å². The summed E-state index contributed by atoms with van der Waals surface area (Å²) in [6, 6.07) is 0. The highest BCUT2D eigenvalue weighted by molar-refractivity contribution is 5.93. The van der Waals surface area contributed by atoms with Crippen LogP contribution in [0.2, 0.25) is 0 Å². The minimum absolute atomic E-state index is 0.216. The van der Waals surface area contributed by atoms with E-state index in [4.69, 9.17) is 28.4 Å². The minimum atomic E-state index is -1.29. The molecule has 0 radical (unpaired) electrons.